The van der Waals surface area contributed by atoms with E-state index in [9.17, 15) is 18.0 Å². The van der Waals surface area contributed by atoms with Gasteiger partial charge in [0.1, 0.15) is 12.4 Å². The number of nitrogens with zero attached hydrogens (tertiary/aromatic N) is 3. The van der Waals surface area contributed by atoms with Crippen LogP contribution in [0.4, 0.5) is 19.0 Å². The van der Waals surface area contributed by atoms with E-state index in [4.69, 9.17) is 0 Å². The first-order valence-electron chi connectivity index (χ1n) is 7.16. The molecule has 0 saturated carbocycles. The number of carbonyl (C=O) groups excluding carboxylic acids is 1. The summed E-state index contributed by atoms with van der Waals surface area (Å²) in [6, 6.07) is 0. The lowest BCUT2D eigenvalue weighted by Gasteiger charge is -2.33. The first kappa shape index (κ1) is 16.5. The minimum atomic E-state index is -4.39. The minimum absolute atomic E-state index is 0.364. The smallest absolute Gasteiger partial charge is 0.354 e. The van der Waals surface area contributed by atoms with E-state index in [0.29, 0.717) is 18.8 Å². The molecule has 0 bridgehead atoms. The van der Waals surface area contributed by atoms with Crippen molar-refractivity contribution in [2.75, 3.05) is 24.5 Å². The van der Waals surface area contributed by atoms with Crippen molar-refractivity contribution in [1.29, 1.82) is 0 Å². The maximum absolute atomic E-state index is 12.2. The summed E-state index contributed by atoms with van der Waals surface area (Å²) in [5.41, 5.74) is 1.52. The van der Waals surface area contributed by atoms with Crippen LogP contribution in [0.3, 0.4) is 0 Å². The van der Waals surface area contributed by atoms with E-state index in [1.807, 2.05) is 24.1 Å². The Morgan fingerprint density at radius 1 is 1.45 bits per heavy atom. The topological polar surface area (TPSA) is 58.1 Å². The summed E-state index contributed by atoms with van der Waals surface area (Å²) in [7, 11) is 0. The summed E-state index contributed by atoms with van der Waals surface area (Å²) in [4.78, 5) is 22.5. The van der Waals surface area contributed by atoms with E-state index >= 15 is 0 Å². The van der Waals surface area contributed by atoms with Crippen LogP contribution in [0.2, 0.25) is 0 Å². The maximum atomic E-state index is 12.2. The van der Waals surface area contributed by atoms with Crippen molar-refractivity contribution < 1.29 is 18.0 Å². The van der Waals surface area contributed by atoms with Gasteiger partial charge in [-0.1, -0.05) is 0 Å². The number of alkyl halides is 3. The van der Waals surface area contributed by atoms with E-state index in [0.717, 1.165) is 24.4 Å². The lowest BCUT2D eigenvalue weighted by Crippen LogP contribution is -2.45. The third-order valence-electron chi connectivity index (χ3n) is 3.61. The number of amides is 1. The van der Waals surface area contributed by atoms with Crippen LogP contribution in [-0.4, -0.2) is 41.7 Å². The summed E-state index contributed by atoms with van der Waals surface area (Å²) in [5, 5.41) is 1.96. The predicted molar refractivity (Wildman–Crippen MR) is 75.5 cm³/mol. The molecule has 1 aliphatic heterocycles. The second-order valence-corrected chi connectivity index (χ2v) is 5.54. The Hall–Kier alpha value is -1.86. The van der Waals surface area contributed by atoms with Gasteiger partial charge in [0.25, 0.3) is 0 Å². The summed E-state index contributed by atoms with van der Waals surface area (Å²) >= 11 is 0. The van der Waals surface area contributed by atoms with Crippen molar-refractivity contribution in [3.63, 3.8) is 0 Å². The molecule has 1 aromatic heterocycles. The minimum Gasteiger partial charge on any atom is -0.354 e. The number of rotatable bonds is 3. The van der Waals surface area contributed by atoms with Gasteiger partial charge in [0.2, 0.25) is 5.91 Å². The molecule has 1 saturated heterocycles. The van der Waals surface area contributed by atoms with E-state index < -0.39 is 24.5 Å². The van der Waals surface area contributed by atoms with Crippen molar-refractivity contribution in [2.24, 2.45) is 5.92 Å². The fourth-order valence-corrected chi connectivity index (χ4v) is 2.54. The standard InChI is InChI=1S/C14H19F3N4O/c1-9-6-18-10(2)12(20-9)21-5-3-4-11(7-21)13(22)19-8-14(15,16)17/h6,11H,3-5,7-8H2,1-2H3,(H,19,22)/t11-/m0/s1. The molecule has 1 amide bonds. The molecule has 0 aromatic carbocycles. The molecular weight excluding hydrogens is 297 g/mol. The molecule has 1 fully saturated rings. The summed E-state index contributed by atoms with van der Waals surface area (Å²) in [5.74, 6) is -0.313. The summed E-state index contributed by atoms with van der Waals surface area (Å²) in [6.45, 7) is 3.46. The molecule has 1 aromatic rings. The van der Waals surface area contributed by atoms with Crippen molar-refractivity contribution in [3.8, 4) is 0 Å². The van der Waals surface area contributed by atoms with Gasteiger partial charge >= 0.3 is 6.18 Å². The normalized spacial score (nSPS) is 19.1. The molecule has 0 aliphatic carbocycles. The number of anilines is 1. The average Bonchev–Trinajstić information content (AvgIpc) is 2.46. The molecule has 8 heteroatoms. The molecule has 0 spiro atoms. The maximum Gasteiger partial charge on any atom is 0.405 e. The number of carbonyl (C=O) groups is 1. The largest absolute Gasteiger partial charge is 0.405 e. The predicted octanol–water partition coefficient (Wildman–Crippen LogP) is 1.99. The monoisotopic (exact) mass is 316 g/mol. The molecule has 122 valence electrons. The highest BCUT2D eigenvalue weighted by molar-refractivity contribution is 5.79. The number of hydrogen-bond acceptors (Lipinski definition) is 4. The Morgan fingerprint density at radius 3 is 2.86 bits per heavy atom. The Kier molecular flexibility index (Phi) is 4.87. The van der Waals surface area contributed by atoms with Crippen LogP contribution in [0.5, 0.6) is 0 Å². The molecule has 1 atom stereocenters. The molecular formula is C14H19F3N4O. The second-order valence-electron chi connectivity index (χ2n) is 5.54. The van der Waals surface area contributed by atoms with Crippen LogP contribution in [0.25, 0.3) is 0 Å². The van der Waals surface area contributed by atoms with Crippen LogP contribution >= 0.6 is 0 Å². The van der Waals surface area contributed by atoms with Crippen LogP contribution in [-0.2, 0) is 4.79 Å². The lowest BCUT2D eigenvalue weighted by molar-refractivity contribution is -0.140. The van der Waals surface area contributed by atoms with Gasteiger partial charge in [0.15, 0.2) is 0 Å². The zero-order valence-corrected chi connectivity index (χ0v) is 12.6. The fraction of sp³-hybridized carbons (Fsp3) is 0.643. The molecule has 1 aliphatic rings. The van der Waals surface area contributed by atoms with Crippen LogP contribution < -0.4 is 10.2 Å². The van der Waals surface area contributed by atoms with Gasteiger partial charge in [0, 0.05) is 19.3 Å². The highest BCUT2D eigenvalue weighted by Crippen LogP contribution is 2.24. The molecule has 5 nitrogen and oxygen atoms in total. The summed E-state index contributed by atoms with van der Waals surface area (Å²) < 4.78 is 36.5. The van der Waals surface area contributed by atoms with E-state index in [2.05, 4.69) is 9.97 Å². The van der Waals surface area contributed by atoms with Gasteiger partial charge in [-0.2, -0.15) is 13.2 Å². The zero-order valence-electron chi connectivity index (χ0n) is 12.6. The van der Waals surface area contributed by atoms with E-state index in [1.165, 1.54) is 0 Å². The van der Waals surface area contributed by atoms with Gasteiger partial charge in [0.05, 0.1) is 17.3 Å². The van der Waals surface area contributed by atoms with Gasteiger partial charge in [-0.3, -0.25) is 9.78 Å². The van der Waals surface area contributed by atoms with Gasteiger partial charge < -0.3 is 10.2 Å². The Labute approximate surface area is 126 Å². The number of aromatic nitrogens is 2. The first-order valence-corrected chi connectivity index (χ1v) is 7.16. The SMILES string of the molecule is Cc1cnc(C)c(N2CCC[C@H](C(=O)NCC(F)(F)F)C2)n1. The Bertz CT molecular complexity index is 547. The van der Waals surface area contributed by atoms with Gasteiger partial charge in [-0.05, 0) is 26.7 Å². The molecule has 22 heavy (non-hydrogen) atoms. The molecule has 2 heterocycles. The van der Waals surface area contributed by atoms with Crippen LogP contribution in [0.15, 0.2) is 6.20 Å². The molecule has 0 unspecified atom stereocenters. The lowest BCUT2D eigenvalue weighted by atomic mass is 9.97. The van der Waals surface area contributed by atoms with E-state index in [1.54, 1.807) is 6.20 Å². The molecule has 2 rings (SSSR count). The second kappa shape index (κ2) is 6.50. The first-order chi connectivity index (χ1) is 10.3. The molecule has 0 radical (unpaired) electrons. The van der Waals surface area contributed by atoms with Crippen LogP contribution in [0.1, 0.15) is 24.2 Å². The summed E-state index contributed by atoms with van der Waals surface area (Å²) in [6.07, 6.45) is -1.41. The number of aryl methyl sites for hydroxylation is 2. The fourth-order valence-electron chi connectivity index (χ4n) is 2.54. The van der Waals surface area contributed by atoms with Crippen molar-refractivity contribution in [1.82, 2.24) is 15.3 Å². The average molecular weight is 316 g/mol. The number of halogens is 3. The molecule has 1 N–H and O–H groups in total. The van der Waals surface area contributed by atoms with Gasteiger partial charge in [-0.15, -0.1) is 0 Å². The zero-order chi connectivity index (χ0) is 16.3. The Balaban J connectivity index is 2.02. The highest BCUT2D eigenvalue weighted by Gasteiger charge is 2.32. The Morgan fingerprint density at radius 2 is 2.18 bits per heavy atom. The number of nitrogens with one attached hydrogen (secondary N) is 1. The number of hydrogen-bond donors (Lipinski definition) is 1. The number of piperidine rings is 1. The van der Waals surface area contributed by atoms with Gasteiger partial charge in [-0.25, -0.2) is 4.98 Å². The highest BCUT2D eigenvalue weighted by atomic mass is 19.4. The van der Waals surface area contributed by atoms with E-state index in [-0.39, 0.29) is 0 Å². The van der Waals surface area contributed by atoms with Crippen molar-refractivity contribution >= 4 is 11.7 Å². The van der Waals surface area contributed by atoms with Crippen molar-refractivity contribution in [2.45, 2.75) is 32.9 Å². The third kappa shape index (κ3) is 4.32. The quantitative estimate of drug-likeness (QED) is 0.926. The third-order valence-corrected chi connectivity index (χ3v) is 3.61. The van der Waals surface area contributed by atoms with Crippen molar-refractivity contribution in [3.05, 3.63) is 17.6 Å². The van der Waals surface area contributed by atoms with Crippen LogP contribution in [0, 0.1) is 19.8 Å².